The van der Waals surface area contributed by atoms with Crippen LogP contribution in [0.2, 0.25) is 0 Å². The number of aliphatic carboxylic acids is 1. The molecule has 1 aliphatic rings. The van der Waals surface area contributed by atoms with E-state index in [0.717, 1.165) is 18.5 Å². The molecule has 0 saturated carbocycles. The van der Waals surface area contributed by atoms with Crippen LogP contribution >= 0.6 is 0 Å². The standard InChI is InChI=1S/C18H24FNO3/c1-23-13-10-18(17(21)22)9-3-12-20(14-18)11-2-4-15-5-7-16(19)8-6-15/h2,4-8H,3,9-14H2,1H3,(H,21,22)/b4-2+. The highest BCUT2D eigenvalue weighted by Gasteiger charge is 2.41. The highest BCUT2D eigenvalue weighted by Crippen LogP contribution is 2.34. The summed E-state index contributed by atoms with van der Waals surface area (Å²) in [5.74, 6) is -0.982. The van der Waals surface area contributed by atoms with Crippen molar-refractivity contribution in [3.63, 3.8) is 0 Å². The molecule has 23 heavy (non-hydrogen) atoms. The monoisotopic (exact) mass is 321 g/mol. The number of carbonyl (C=O) groups is 1. The van der Waals surface area contributed by atoms with Crippen molar-refractivity contribution in [2.45, 2.75) is 19.3 Å². The molecule has 5 heteroatoms. The van der Waals surface area contributed by atoms with E-state index in [9.17, 15) is 14.3 Å². The van der Waals surface area contributed by atoms with Gasteiger partial charge in [0.1, 0.15) is 5.82 Å². The summed E-state index contributed by atoms with van der Waals surface area (Å²) in [6, 6.07) is 6.31. The molecule has 0 spiro atoms. The Morgan fingerprint density at radius 3 is 2.83 bits per heavy atom. The molecule has 1 aromatic carbocycles. The maximum absolute atomic E-state index is 12.9. The first-order valence-corrected chi connectivity index (χ1v) is 7.92. The predicted molar refractivity (Wildman–Crippen MR) is 87.7 cm³/mol. The Labute approximate surface area is 136 Å². The summed E-state index contributed by atoms with van der Waals surface area (Å²) in [6.45, 7) is 2.60. The molecule has 0 radical (unpaired) electrons. The number of piperidine rings is 1. The minimum absolute atomic E-state index is 0.248. The van der Waals surface area contributed by atoms with Crippen LogP contribution in [-0.4, -0.2) is 49.3 Å². The van der Waals surface area contributed by atoms with Crippen LogP contribution in [0.1, 0.15) is 24.8 Å². The summed E-state index contributed by atoms with van der Waals surface area (Å²) in [5, 5.41) is 9.63. The molecule has 0 bridgehead atoms. The van der Waals surface area contributed by atoms with Gasteiger partial charge in [0, 0.05) is 26.8 Å². The number of methoxy groups -OCH3 is 1. The predicted octanol–water partition coefficient (Wildman–Crippen LogP) is 3.04. The summed E-state index contributed by atoms with van der Waals surface area (Å²) >= 11 is 0. The van der Waals surface area contributed by atoms with E-state index in [1.807, 2.05) is 12.2 Å². The van der Waals surface area contributed by atoms with Gasteiger partial charge in [0.25, 0.3) is 0 Å². The maximum atomic E-state index is 12.9. The number of rotatable bonds is 7. The number of likely N-dealkylation sites (tertiary alicyclic amines) is 1. The Morgan fingerprint density at radius 1 is 1.43 bits per heavy atom. The van der Waals surface area contributed by atoms with Crippen LogP contribution in [0.5, 0.6) is 0 Å². The van der Waals surface area contributed by atoms with Crippen LogP contribution in [0.25, 0.3) is 6.08 Å². The second-order valence-corrected chi connectivity index (χ2v) is 6.12. The van der Waals surface area contributed by atoms with Crippen molar-refractivity contribution in [2.75, 3.05) is 33.4 Å². The van der Waals surface area contributed by atoms with E-state index in [4.69, 9.17) is 4.74 Å². The quantitative estimate of drug-likeness (QED) is 0.838. The Balaban J connectivity index is 1.94. The smallest absolute Gasteiger partial charge is 0.311 e. The summed E-state index contributed by atoms with van der Waals surface area (Å²) in [6.07, 6.45) is 6.05. The number of benzene rings is 1. The van der Waals surface area contributed by atoms with Gasteiger partial charge in [-0.3, -0.25) is 9.69 Å². The Hall–Kier alpha value is -1.72. The number of carboxylic acids is 1. The van der Waals surface area contributed by atoms with E-state index in [0.29, 0.717) is 32.5 Å². The molecule has 126 valence electrons. The van der Waals surface area contributed by atoms with Gasteiger partial charge in [0.2, 0.25) is 0 Å². The third-order valence-corrected chi connectivity index (χ3v) is 4.44. The third-order valence-electron chi connectivity index (χ3n) is 4.44. The highest BCUT2D eigenvalue weighted by molar-refractivity contribution is 5.75. The summed E-state index contributed by atoms with van der Waals surface area (Å²) in [4.78, 5) is 13.9. The Morgan fingerprint density at radius 2 is 2.17 bits per heavy atom. The SMILES string of the molecule is COCCC1(C(=O)O)CCCN(C/C=C/c2ccc(F)cc2)C1. The molecule has 1 unspecified atom stereocenters. The zero-order valence-electron chi connectivity index (χ0n) is 13.5. The van der Waals surface area contributed by atoms with Crippen molar-refractivity contribution < 1.29 is 19.0 Å². The van der Waals surface area contributed by atoms with Gasteiger partial charge < -0.3 is 9.84 Å². The number of hydrogen-bond acceptors (Lipinski definition) is 3. The fraction of sp³-hybridized carbons (Fsp3) is 0.500. The average molecular weight is 321 g/mol. The second kappa shape index (κ2) is 8.22. The Bertz CT molecular complexity index is 544. The molecule has 1 atom stereocenters. The fourth-order valence-corrected chi connectivity index (χ4v) is 3.08. The largest absolute Gasteiger partial charge is 0.481 e. The first kappa shape index (κ1) is 17.6. The number of hydrogen-bond donors (Lipinski definition) is 1. The van der Waals surface area contributed by atoms with E-state index in [1.165, 1.54) is 12.1 Å². The number of nitrogens with zero attached hydrogens (tertiary/aromatic N) is 1. The van der Waals surface area contributed by atoms with Gasteiger partial charge in [0.15, 0.2) is 0 Å². The van der Waals surface area contributed by atoms with Crippen LogP contribution in [0.4, 0.5) is 4.39 Å². The van der Waals surface area contributed by atoms with Crippen molar-refractivity contribution in [2.24, 2.45) is 5.41 Å². The summed E-state index contributed by atoms with van der Waals surface area (Å²) < 4.78 is 17.9. The van der Waals surface area contributed by atoms with Crippen molar-refractivity contribution in [1.82, 2.24) is 4.90 Å². The number of halogens is 1. The minimum Gasteiger partial charge on any atom is -0.481 e. The summed E-state index contributed by atoms with van der Waals surface area (Å²) in [5.41, 5.74) is 0.227. The van der Waals surface area contributed by atoms with E-state index in [2.05, 4.69) is 4.90 Å². The lowest BCUT2D eigenvalue weighted by atomic mass is 9.77. The van der Waals surface area contributed by atoms with Gasteiger partial charge in [-0.1, -0.05) is 24.3 Å². The molecule has 0 aromatic heterocycles. The Kier molecular flexibility index (Phi) is 6.30. The van der Waals surface area contributed by atoms with Gasteiger partial charge in [-0.2, -0.15) is 0 Å². The van der Waals surface area contributed by atoms with Gasteiger partial charge >= 0.3 is 5.97 Å². The maximum Gasteiger partial charge on any atom is 0.311 e. The highest BCUT2D eigenvalue weighted by atomic mass is 19.1. The molecule has 0 amide bonds. The molecule has 2 rings (SSSR count). The van der Waals surface area contributed by atoms with Gasteiger partial charge in [-0.25, -0.2) is 4.39 Å². The van der Waals surface area contributed by atoms with Crippen LogP contribution < -0.4 is 0 Å². The van der Waals surface area contributed by atoms with Crippen molar-refractivity contribution in [3.05, 3.63) is 41.7 Å². The fourth-order valence-electron chi connectivity index (χ4n) is 3.08. The molecule has 0 aliphatic carbocycles. The number of carboxylic acid groups (broad SMARTS) is 1. The van der Waals surface area contributed by atoms with Crippen LogP contribution in [0, 0.1) is 11.2 Å². The topological polar surface area (TPSA) is 49.8 Å². The normalized spacial score (nSPS) is 22.5. The average Bonchev–Trinajstić information content (AvgIpc) is 2.55. The molecule has 1 saturated heterocycles. The van der Waals surface area contributed by atoms with E-state index >= 15 is 0 Å². The van der Waals surface area contributed by atoms with Crippen molar-refractivity contribution in [3.8, 4) is 0 Å². The zero-order valence-corrected chi connectivity index (χ0v) is 13.5. The summed E-state index contributed by atoms with van der Waals surface area (Å²) in [7, 11) is 1.60. The molecule has 1 heterocycles. The zero-order chi connectivity index (χ0) is 16.7. The van der Waals surface area contributed by atoms with Gasteiger partial charge in [0.05, 0.1) is 5.41 Å². The first-order chi connectivity index (χ1) is 11.1. The van der Waals surface area contributed by atoms with Crippen molar-refractivity contribution >= 4 is 12.0 Å². The lowest BCUT2D eigenvalue weighted by Gasteiger charge is -2.39. The first-order valence-electron chi connectivity index (χ1n) is 7.92. The minimum atomic E-state index is -0.734. The number of ether oxygens (including phenoxy) is 1. The molecular weight excluding hydrogens is 297 g/mol. The van der Waals surface area contributed by atoms with Crippen LogP contribution in [0.15, 0.2) is 30.3 Å². The molecule has 1 aromatic rings. The molecular formula is C18H24FNO3. The van der Waals surface area contributed by atoms with Gasteiger partial charge in [-0.15, -0.1) is 0 Å². The lowest BCUT2D eigenvalue weighted by molar-refractivity contribution is -0.154. The van der Waals surface area contributed by atoms with E-state index in [-0.39, 0.29) is 5.82 Å². The lowest BCUT2D eigenvalue weighted by Crippen LogP contribution is -2.48. The van der Waals surface area contributed by atoms with Crippen LogP contribution in [0.3, 0.4) is 0 Å². The van der Waals surface area contributed by atoms with Crippen LogP contribution in [-0.2, 0) is 9.53 Å². The van der Waals surface area contributed by atoms with E-state index < -0.39 is 11.4 Å². The molecule has 1 aliphatic heterocycles. The third kappa shape index (κ3) is 4.88. The second-order valence-electron chi connectivity index (χ2n) is 6.12. The van der Waals surface area contributed by atoms with Crippen molar-refractivity contribution in [1.29, 1.82) is 0 Å². The molecule has 1 N–H and O–H groups in total. The molecule has 4 nitrogen and oxygen atoms in total. The molecule has 1 fully saturated rings. The van der Waals surface area contributed by atoms with Gasteiger partial charge in [-0.05, 0) is 43.5 Å². The van der Waals surface area contributed by atoms with E-state index in [1.54, 1.807) is 19.2 Å².